The molecule has 4 rings (SSSR count). The van der Waals surface area contributed by atoms with Crippen LogP contribution in [0.3, 0.4) is 0 Å². The van der Waals surface area contributed by atoms with Gasteiger partial charge in [-0.1, -0.05) is 18.2 Å². The Morgan fingerprint density at radius 2 is 2.25 bits per heavy atom. The number of piperidine rings is 1. The third-order valence-electron chi connectivity index (χ3n) is 4.62. The van der Waals surface area contributed by atoms with Crippen molar-refractivity contribution < 1.29 is 0 Å². The number of aromatic amines is 1. The smallest absolute Gasteiger partial charge is 0.272 e. The lowest BCUT2D eigenvalue weighted by atomic mass is 9.75. The number of hydrogen-bond donors (Lipinski definition) is 1. The van der Waals surface area contributed by atoms with Gasteiger partial charge in [-0.2, -0.15) is 5.10 Å². The van der Waals surface area contributed by atoms with Gasteiger partial charge in [0.05, 0.1) is 11.1 Å². The van der Waals surface area contributed by atoms with Crippen molar-refractivity contribution in [2.45, 2.75) is 18.3 Å². The molecule has 1 aromatic carbocycles. The monoisotopic (exact) mass is 267 g/mol. The quantitative estimate of drug-likeness (QED) is 0.847. The summed E-state index contributed by atoms with van der Waals surface area (Å²) in [5.74, 6) is 0.927. The molecule has 0 spiro atoms. The van der Waals surface area contributed by atoms with Crippen molar-refractivity contribution in [1.82, 2.24) is 15.1 Å². The van der Waals surface area contributed by atoms with Crippen molar-refractivity contribution in [3.63, 3.8) is 0 Å². The Morgan fingerprint density at radius 3 is 3.10 bits per heavy atom. The number of nitrogens with zero attached hydrogens (tertiary/aromatic N) is 2. The number of H-pyrrole nitrogens is 1. The average molecular weight is 267 g/mol. The molecule has 0 radical (unpaired) electrons. The molecule has 1 aromatic heterocycles. The van der Waals surface area contributed by atoms with Crippen LogP contribution < -0.4 is 5.56 Å². The molecule has 20 heavy (non-hydrogen) atoms. The Morgan fingerprint density at radius 1 is 1.40 bits per heavy atom. The van der Waals surface area contributed by atoms with Crippen LogP contribution in [0.5, 0.6) is 0 Å². The van der Waals surface area contributed by atoms with Crippen LogP contribution in [0.2, 0.25) is 0 Å². The zero-order valence-corrected chi connectivity index (χ0v) is 11.3. The second-order valence-electron chi connectivity index (χ2n) is 5.84. The summed E-state index contributed by atoms with van der Waals surface area (Å²) in [5.41, 5.74) is 2.29. The third-order valence-corrected chi connectivity index (χ3v) is 4.62. The molecule has 2 aliphatic rings. The Labute approximate surface area is 117 Å². The molecule has 1 fully saturated rings. The maximum absolute atomic E-state index is 12.0. The molecular formula is C16H17N3O. The van der Waals surface area contributed by atoms with Gasteiger partial charge in [0.15, 0.2) is 0 Å². The standard InChI is InChI=1S/C16H17N3O/c1-2-6-19-8-10-7-11(9-19)15-14-12(10)4-3-5-13(14)16(20)18-17-15/h2-5,10-11H,1,6-9H2,(H,18,20). The molecule has 1 aliphatic carbocycles. The first-order chi connectivity index (χ1) is 9.78. The van der Waals surface area contributed by atoms with Crippen LogP contribution in [-0.2, 0) is 0 Å². The number of nitrogens with one attached hydrogen (secondary N) is 1. The van der Waals surface area contributed by atoms with Crippen LogP contribution in [0.25, 0.3) is 10.8 Å². The molecule has 102 valence electrons. The molecule has 2 unspecified atom stereocenters. The molecular weight excluding hydrogens is 250 g/mol. The Kier molecular flexibility index (Phi) is 2.54. The minimum absolute atomic E-state index is 0.0754. The van der Waals surface area contributed by atoms with Gasteiger partial charge in [0.25, 0.3) is 5.56 Å². The molecule has 1 N–H and O–H groups in total. The highest BCUT2D eigenvalue weighted by molar-refractivity contribution is 5.88. The fourth-order valence-electron chi connectivity index (χ4n) is 3.85. The van der Waals surface area contributed by atoms with Crippen LogP contribution in [0.1, 0.15) is 29.5 Å². The second kappa shape index (κ2) is 4.28. The Hall–Kier alpha value is -1.94. The van der Waals surface area contributed by atoms with Gasteiger partial charge in [0.1, 0.15) is 0 Å². The van der Waals surface area contributed by atoms with Gasteiger partial charge in [-0.15, -0.1) is 6.58 Å². The normalized spacial score (nSPS) is 24.8. The molecule has 4 heteroatoms. The largest absolute Gasteiger partial charge is 0.298 e. The summed E-state index contributed by atoms with van der Waals surface area (Å²) in [7, 11) is 0. The van der Waals surface area contributed by atoms with Gasteiger partial charge < -0.3 is 0 Å². The van der Waals surface area contributed by atoms with Crippen molar-refractivity contribution in [2.24, 2.45) is 0 Å². The molecule has 2 heterocycles. The first-order valence-electron chi connectivity index (χ1n) is 7.12. The van der Waals surface area contributed by atoms with Crippen molar-refractivity contribution in [3.8, 4) is 0 Å². The van der Waals surface area contributed by atoms with Crippen LogP contribution in [0.4, 0.5) is 0 Å². The maximum atomic E-state index is 12.0. The van der Waals surface area contributed by atoms with Crippen LogP contribution in [0, 0.1) is 0 Å². The van der Waals surface area contributed by atoms with Gasteiger partial charge in [-0.25, -0.2) is 5.10 Å². The van der Waals surface area contributed by atoms with Gasteiger partial charge >= 0.3 is 0 Å². The van der Waals surface area contributed by atoms with Crippen LogP contribution in [-0.4, -0.2) is 34.7 Å². The zero-order chi connectivity index (χ0) is 13.7. The van der Waals surface area contributed by atoms with E-state index in [9.17, 15) is 4.79 Å². The van der Waals surface area contributed by atoms with E-state index in [1.165, 1.54) is 5.56 Å². The summed E-state index contributed by atoms with van der Waals surface area (Å²) in [6.07, 6.45) is 3.10. The van der Waals surface area contributed by atoms with E-state index in [1.54, 1.807) is 0 Å². The van der Waals surface area contributed by atoms with E-state index in [4.69, 9.17) is 0 Å². The van der Waals surface area contributed by atoms with Gasteiger partial charge in [0, 0.05) is 30.9 Å². The predicted molar refractivity (Wildman–Crippen MR) is 79.1 cm³/mol. The lowest BCUT2D eigenvalue weighted by Crippen LogP contribution is -2.41. The molecule has 1 saturated heterocycles. The molecule has 2 aromatic rings. The average Bonchev–Trinajstić information content (AvgIpc) is 2.46. The third kappa shape index (κ3) is 1.58. The Bertz CT molecular complexity index is 731. The highest BCUT2D eigenvalue weighted by Crippen LogP contribution is 2.44. The van der Waals surface area contributed by atoms with Crippen LogP contribution in [0.15, 0.2) is 35.6 Å². The van der Waals surface area contributed by atoms with Gasteiger partial charge in [-0.3, -0.25) is 9.69 Å². The van der Waals surface area contributed by atoms with Crippen LogP contribution >= 0.6 is 0 Å². The summed E-state index contributed by atoms with van der Waals surface area (Å²) in [6.45, 7) is 6.81. The first-order valence-corrected chi connectivity index (χ1v) is 7.12. The number of fused-ring (bicyclic) bond motifs is 4. The number of benzene rings is 1. The fraction of sp³-hybridized carbons (Fsp3) is 0.375. The van der Waals surface area contributed by atoms with E-state index in [0.717, 1.165) is 42.5 Å². The lowest BCUT2D eigenvalue weighted by Gasteiger charge is -2.41. The molecule has 0 amide bonds. The Balaban J connectivity index is 1.94. The van der Waals surface area contributed by atoms with E-state index in [-0.39, 0.29) is 5.56 Å². The summed E-state index contributed by atoms with van der Waals surface area (Å²) < 4.78 is 0. The minimum atomic E-state index is -0.0754. The summed E-state index contributed by atoms with van der Waals surface area (Å²) >= 11 is 0. The second-order valence-corrected chi connectivity index (χ2v) is 5.84. The SMILES string of the molecule is C=CCN1CC2CC(C1)c1n[nH]c(=O)c3cccc2c13. The minimum Gasteiger partial charge on any atom is -0.298 e. The van der Waals surface area contributed by atoms with Crippen molar-refractivity contribution in [3.05, 3.63) is 52.5 Å². The molecule has 1 aliphatic heterocycles. The summed E-state index contributed by atoms with van der Waals surface area (Å²) in [4.78, 5) is 14.4. The van der Waals surface area contributed by atoms with E-state index < -0.39 is 0 Å². The highest BCUT2D eigenvalue weighted by atomic mass is 16.1. The lowest BCUT2D eigenvalue weighted by molar-refractivity contribution is 0.200. The van der Waals surface area contributed by atoms with Crippen molar-refractivity contribution in [2.75, 3.05) is 19.6 Å². The van der Waals surface area contributed by atoms with Gasteiger partial charge in [-0.05, 0) is 24.0 Å². The van der Waals surface area contributed by atoms with Gasteiger partial charge in [0.2, 0.25) is 0 Å². The summed E-state index contributed by atoms with van der Waals surface area (Å²) in [5, 5.41) is 8.92. The van der Waals surface area contributed by atoms with Crippen molar-refractivity contribution in [1.29, 1.82) is 0 Å². The predicted octanol–water partition coefficient (Wildman–Crippen LogP) is 2.00. The molecule has 2 bridgehead atoms. The summed E-state index contributed by atoms with van der Waals surface area (Å²) in [6, 6.07) is 6.06. The first kappa shape index (κ1) is 11.9. The van der Waals surface area contributed by atoms with E-state index in [2.05, 4.69) is 27.7 Å². The molecule has 2 atom stereocenters. The molecule has 0 saturated carbocycles. The number of aromatic nitrogens is 2. The number of rotatable bonds is 2. The highest BCUT2D eigenvalue weighted by Gasteiger charge is 2.36. The van der Waals surface area contributed by atoms with E-state index in [1.807, 2.05) is 18.2 Å². The van der Waals surface area contributed by atoms with Crippen molar-refractivity contribution >= 4 is 10.8 Å². The fourth-order valence-corrected chi connectivity index (χ4v) is 3.85. The topological polar surface area (TPSA) is 49.0 Å². The van der Waals surface area contributed by atoms with E-state index >= 15 is 0 Å². The number of hydrogen-bond acceptors (Lipinski definition) is 3. The maximum Gasteiger partial charge on any atom is 0.272 e. The number of likely N-dealkylation sites (tertiary alicyclic amines) is 1. The van der Waals surface area contributed by atoms with E-state index in [0.29, 0.717) is 11.8 Å². The molecule has 4 nitrogen and oxygen atoms in total. The zero-order valence-electron chi connectivity index (χ0n) is 11.3.